The minimum absolute atomic E-state index is 0.423. The van der Waals surface area contributed by atoms with Crippen LogP contribution in [0.25, 0.3) is 0 Å². The summed E-state index contributed by atoms with van der Waals surface area (Å²) in [5, 5.41) is 11.9. The van der Waals surface area contributed by atoms with E-state index in [-0.39, 0.29) is 0 Å². The SMILES string of the molecule is CNC(CN1CCC2(CCCC2)CC1)C(=O)O. The van der Waals surface area contributed by atoms with Gasteiger partial charge in [-0.15, -0.1) is 0 Å². The lowest BCUT2D eigenvalue weighted by Crippen LogP contribution is -2.48. The summed E-state index contributed by atoms with van der Waals surface area (Å²) < 4.78 is 0. The van der Waals surface area contributed by atoms with E-state index in [1.807, 2.05) is 0 Å². The van der Waals surface area contributed by atoms with Crippen LogP contribution in [-0.4, -0.2) is 48.7 Å². The van der Waals surface area contributed by atoms with Crippen LogP contribution in [0, 0.1) is 5.41 Å². The molecule has 98 valence electrons. The smallest absolute Gasteiger partial charge is 0.322 e. The first-order valence-corrected chi connectivity index (χ1v) is 6.78. The second kappa shape index (κ2) is 5.36. The zero-order valence-corrected chi connectivity index (χ0v) is 10.7. The van der Waals surface area contributed by atoms with Crippen molar-refractivity contribution in [2.75, 3.05) is 26.7 Å². The molecule has 2 aliphatic rings. The zero-order valence-electron chi connectivity index (χ0n) is 10.7. The predicted octanol–water partition coefficient (Wildman–Crippen LogP) is 1.32. The Morgan fingerprint density at radius 1 is 1.29 bits per heavy atom. The highest BCUT2D eigenvalue weighted by Gasteiger charge is 2.37. The molecular formula is C13H24N2O2. The molecule has 0 radical (unpaired) electrons. The second-order valence-electron chi connectivity index (χ2n) is 5.69. The van der Waals surface area contributed by atoms with Gasteiger partial charge in [0, 0.05) is 6.54 Å². The molecule has 2 rings (SSSR count). The topological polar surface area (TPSA) is 52.6 Å². The van der Waals surface area contributed by atoms with Crippen molar-refractivity contribution in [2.24, 2.45) is 5.41 Å². The van der Waals surface area contributed by atoms with Crippen molar-refractivity contribution in [1.82, 2.24) is 10.2 Å². The number of carbonyl (C=O) groups is 1. The van der Waals surface area contributed by atoms with Crippen LogP contribution in [-0.2, 0) is 4.79 Å². The average molecular weight is 240 g/mol. The van der Waals surface area contributed by atoms with E-state index in [2.05, 4.69) is 10.2 Å². The minimum atomic E-state index is -0.742. The Kier molecular flexibility index (Phi) is 4.05. The fourth-order valence-electron chi connectivity index (χ4n) is 3.39. The molecule has 1 heterocycles. The van der Waals surface area contributed by atoms with E-state index in [9.17, 15) is 4.79 Å². The lowest BCUT2D eigenvalue weighted by Gasteiger charge is -2.40. The van der Waals surface area contributed by atoms with Crippen molar-refractivity contribution in [3.8, 4) is 0 Å². The number of nitrogens with zero attached hydrogens (tertiary/aromatic N) is 1. The van der Waals surface area contributed by atoms with Gasteiger partial charge in [-0.1, -0.05) is 12.8 Å². The number of likely N-dealkylation sites (N-methyl/N-ethyl adjacent to an activating group) is 1. The Hall–Kier alpha value is -0.610. The van der Waals surface area contributed by atoms with Crippen molar-refractivity contribution < 1.29 is 9.90 Å². The molecule has 0 bridgehead atoms. The first-order valence-electron chi connectivity index (χ1n) is 6.78. The van der Waals surface area contributed by atoms with Crippen LogP contribution in [0.15, 0.2) is 0 Å². The zero-order chi connectivity index (χ0) is 12.3. The van der Waals surface area contributed by atoms with Crippen LogP contribution in [0.5, 0.6) is 0 Å². The first-order chi connectivity index (χ1) is 8.15. The van der Waals surface area contributed by atoms with Crippen molar-refractivity contribution in [1.29, 1.82) is 0 Å². The lowest BCUT2D eigenvalue weighted by atomic mass is 9.77. The molecule has 0 aromatic rings. The van der Waals surface area contributed by atoms with Gasteiger partial charge in [-0.05, 0) is 51.2 Å². The largest absolute Gasteiger partial charge is 0.480 e. The molecule has 0 amide bonds. The molecule has 1 unspecified atom stereocenters. The van der Waals surface area contributed by atoms with E-state index in [1.54, 1.807) is 7.05 Å². The van der Waals surface area contributed by atoms with Crippen LogP contribution in [0.3, 0.4) is 0 Å². The Bertz CT molecular complexity index is 265. The molecule has 1 atom stereocenters. The van der Waals surface area contributed by atoms with Crippen molar-refractivity contribution in [2.45, 2.75) is 44.6 Å². The van der Waals surface area contributed by atoms with Gasteiger partial charge in [-0.2, -0.15) is 0 Å². The summed E-state index contributed by atoms with van der Waals surface area (Å²) in [6.07, 6.45) is 8.12. The van der Waals surface area contributed by atoms with E-state index in [1.165, 1.54) is 38.5 Å². The first kappa shape index (κ1) is 12.8. The molecule has 17 heavy (non-hydrogen) atoms. The monoisotopic (exact) mass is 240 g/mol. The van der Waals surface area contributed by atoms with E-state index in [0.717, 1.165) is 13.1 Å². The summed E-state index contributed by atoms with van der Waals surface area (Å²) in [6, 6.07) is -0.423. The highest BCUT2D eigenvalue weighted by atomic mass is 16.4. The third kappa shape index (κ3) is 2.99. The van der Waals surface area contributed by atoms with Gasteiger partial charge < -0.3 is 15.3 Å². The van der Waals surface area contributed by atoms with Crippen LogP contribution in [0.1, 0.15) is 38.5 Å². The Morgan fingerprint density at radius 3 is 2.35 bits per heavy atom. The Balaban J connectivity index is 1.80. The highest BCUT2D eigenvalue weighted by Crippen LogP contribution is 2.45. The standard InChI is InChI=1S/C13H24N2O2/c1-14-11(12(16)17)10-15-8-6-13(7-9-15)4-2-3-5-13/h11,14H,2-10H2,1H3,(H,16,17). The number of carboxylic acids is 1. The summed E-state index contributed by atoms with van der Waals surface area (Å²) in [4.78, 5) is 13.3. The van der Waals surface area contributed by atoms with Gasteiger partial charge in [0.2, 0.25) is 0 Å². The average Bonchev–Trinajstić information content (AvgIpc) is 2.77. The van der Waals surface area contributed by atoms with Crippen molar-refractivity contribution in [3.63, 3.8) is 0 Å². The number of nitrogens with one attached hydrogen (secondary N) is 1. The highest BCUT2D eigenvalue weighted by molar-refractivity contribution is 5.73. The van der Waals surface area contributed by atoms with Crippen LogP contribution in [0.4, 0.5) is 0 Å². The number of carboxylic acid groups (broad SMARTS) is 1. The number of hydrogen-bond donors (Lipinski definition) is 2. The summed E-state index contributed by atoms with van der Waals surface area (Å²) in [5.74, 6) is -0.742. The third-order valence-corrected chi connectivity index (χ3v) is 4.67. The van der Waals surface area contributed by atoms with Gasteiger partial charge in [-0.3, -0.25) is 4.79 Å². The second-order valence-corrected chi connectivity index (χ2v) is 5.69. The van der Waals surface area contributed by atoms with E-state index in [0.29, 0.717) is 12.0 Å². The minimum Gasteiger partial charge on any atom is -0.480 e. The molecular weight excluding hydrogens is 216 g/mol. The molecule has 2 fully saturated rings. The van der Waals surface area contributed by atoms with Gasteiger partial charge in [0.15, 0.2) is 0 Å². The van der Waals surface area contributed by atoms with E-state index < -0.39 is 12.0 Å². The molecule has 0 aromatic carbocycles. The lowest BCUT2D eigenvalue weighted by molar-refractivity contribution is -0.140. The summed E-state index contributed by atoms with van der Waals surface area (Å²) >= 11 is 0. The van der Waals surface area contributed by atoms with E-state index >= 15 is 0 Å². The molecule has 0 aromatic heterocycles. The molecule has 1 saturated carbocycles. The molecule has 1 aliphatic carbocycles. The van der Waals surface area contributed by atoms with Crippen LogP contribution < -0.4 is 5.32 Å². The number of aliphatic carboxylic acids is 1. The third-order valence-electron chi connectivity index (χ3n) is 4.67. The van der Waals surface area contributed by atoms with Gasteiger partial charge in [-0.25, -0.2) is 0 Å². The summed E-state index contributed by atoms with van der Waals surface area (Å²) in [7, 11) is 1.72. The Morgan fingerprint density at radius 2 is 1.88 bits per heavy atom. The maximum Gasteiger partial charge on any atom is 0.322 e. The van der Waals surface area contributed by atoms with Crippen LogP contribution >= 0.6 is 0 Å². The molecule has 1 spiro atoms. The van der Waals surface area contributed by atoms with Gasteiger partial charge in [0.05, 0.1) is 0 Å². The quantitative estimate of drug-likeness (QED) is 0.778. The van der Waals surface area contributed by atoms with Gasteiger partial charge >= 0.3 is 5.97 Å². The summed E-state index contributed by atoms with van der Waals surface area (Å²) in [6.45, 7) is 2.79. The molecule has 4 heteroatoms. The van der Waals surface area contributed by atoms with Gasteiger partial charge in [0.25, 0.3) is 0 Å². The number of likely N-dealkylation sites (tertiary alicyclic amines) is 1. The number of piperidine rings is 1. The summed E-state index contributed by atoms with van der Waals surface area (Å²) in [5.41, 5.74) is 0.620. The maximum atomic E-state index is 11.0. The molecule has 4 nitrogen and oxygen atoms in total. The van der Waals surface area contributed by atoms with Crippen molar-refractivity contribution >= 4 is 5.97 Å². The predicted molar refractivity (Wildman–Crippen MR) is 67.1 cm³/mol. The van der Waals surface area contributed by atoms with E-state index in [4.69, 9.17) is 5.11 Å². The normalized spacial score (nSPS) is 26.2. The number of hydrogen-bond acceptors (Lipinski definition) is 3. The maximum absolute atomic E-state index is 11.0. The number of rotatable bonds is 4. The fraction of sp³-hybridized carbons (Fsp3) is 0.923. The van der Waals surface area contributed by atoms with Crippen LogP contribution in [0.2, 0.25) is 0 Å². The van der Waals surface area contributed by atoms with Crippen molar-refractivity contribution in [3.05, 3.63) is 0 Å². The Labute approximate surface area is 103 Å². The molecule has 1 saturated heterocycles. The molecule has 1 aliphatic heterocycles. The molecule has 2 N–H and O–H groups in total. The van der Waals surface area contributed by atoms with Gasteiger partial charge in [0.1, 0.15) is 6.04 Å². The fourth-order valence-corrected chi connectivity index (χ4v) is 3.39.